The zero-order valence-corrected chi connectivity index (χ0v) is 13.2. The summed E-state index contributed by atoms with van der Waals surface area (Å²) in [5, 5.41) is 10.3. The molecule has 2 aromatic carbocycles. The van der Waals surface area contributed by atoms with Crippen molar-refractivity contribution >= 4 is 17.3 Å². The number of anilines is 2. The molecule has 24 heavy (non-hydrogen) atoms. The highest BCUT2D eigenvalue weighted by atomic mass is 16.2. The summed E-state index contributed by atoms with van der Waals surface area (Å²) in [6.45, 7) is 0. The van der Waals surface area contributed by atoms with Crippen LogP contribution in [0.15, 0.2) is 54.7 Å². The molecule has 120 valence electrons. The molecule has 4 rings (SSSR count). The van der Waals surface area contributed by atoms with Gasteiger partial charge in [0.1, 0.15) is 6.17 Å². The van der Waals surface area contributed by atoms with E-state index < -0.39 is 0 Å². The number of aromatic nitrogens is 2. The average Bonchev–Trinajstić information content (AvgIpc) is 3.08. The predicted molar refractivity (Wildman–Crippen MR) is 93.5 cm³/mol. The molecule has 1 aromatic heterocycles. The number of fused-ring (bicyclic) bond motifs is 1. The number of amides is 1. The van der Waals surface area contributed by atoms with E-state index in [9.17, 15) is 4.79 Å². The van der Waals surface area contributed by atoms with Gasteiger partial charge >= 0.3 is 0 Å². The molecule has 4 N–H and O–H groups in total. The van der Waals surface area contributed by atoms with Gasteiger partial charge in [-0.3, -0.25) is 9.89 Å². The van der Waals surface area contributed by atoms with Gasteiger partial charge in [-0.25, -0.2) is 0 Å². The summed E-state index contributed by atoms with van der Waals surface area (Å²) in [4.78, 5) is 14.5. The number of hydrogen-bond acceptors (Lipinski definition) is 4. The smallest absolute Gasteiger partial charge is 0.255 e. The molecule has 3 aromatic rings. The number of carbonyl (C=O) groups is 1. The van der Waals surface area contributed by atoms with Crippen LogP contribution in [-0.2, 0) is 0 Å². The lowest BCUT2D eigenvalue weighted by atomic mass is 10.0. The minimum absolute atomic E-state index is 0.0894. The Morgan fingerprint density at radius 1 is 1.17 bits per heavy atom. The second-order valence-corrected chi connectivity index (χ2v) is 5.82. The number of nitrogens with zero attached hydrogens (tertiary/aromatic N) is 2. The molecular formula is C18H17N5O. The van der Waals surface area contributed by atoms with Crippen LogP contribution >= 0.6 is 0 Å². The molecule has 6 heteroatoms. The van der Waals surface area contributed by atoms with Crippen LogP contribution in [0.4, 0.5) is 11.4 Å². The highest BCUT2D eigenvalue weighted by Gasteiger charge is 2.31. The van der Waals surface area contributed by atoms with Gasteiger partial charge in [0.2, 0.25) is 0 Å². The Morgan fingerprint density at radius 2 is 2.00 bits per heavy atom. The van der Waals surface area contributed by atoms with Crippen molar-refractivity contribution in [3.63, 3.8) is 0 Å². The first-order valence-corrected chi connectivity index (χ1v) is 7.67. The first-order valence-electron chi connectivity index (χ1n) is 7.67. The molecule has 0 aliphatic carbocycles. The van der Waals surface area contributed by atoms with Crippen molar-refractivity contribution < 1.29 is 4.79 Å². The molecule has 1 atom stereocenters. The van der Waals surface area contributed by atoms with Crippen LogP contribution in [0.25, 0.3) is 11.3 Å². The maximum atomic E-state index is 12.5. The van der Waals surface area contributed by atoms with Crippen LogP contribution in [0.3, 0.4) is 0 Å². The monoisotopic (exact) mass is 319 g/mol. The van der Waals surface area contributed by atoms with E-state index in [4.69, 9.17) is 5.73 Å². The first kappa shape index (κ1) is 14.3. The van der Waals surface area contributed by atoms with Crippen LogP contribution in [0.1, 0.15) is 22.1 Å². The number of carbonyl (C=O) groups excluding carboxylic acids is 1. The number of nitrogens with two attached hydrogens (primary N) is 1. The molecular weight excluding hydrogens is 302 g/mol. The van der Waals surface area contributed by atoms with E-state index in [1.807, 2.05) is 66.7 Å². The summed E-state index contributed by atoms with van der Waals surface area (Å²) in [5.41, 5.74) is 10.7. The highest BCUT2D eigenvalue weighted by Crippen LogP contribution is 2.35. The summed E-state index contributed by atoms with van der Waals surface area (Å²) in [6, 6.07) is 15.1. The minimum atomic E-state index is -0.303. The van der Waals surface area contributed by atoms with Crippen molar-refractivity contribution in [2.75, 3.05) is 17.7 Å². The molecule has 0 saturated carbocycles. The van der Waals surface area contributed by atoms with Crippen molar-refractivity contribution in [1.29, 1.82) is 0 Å². The number of hydrogen-bond donors (Lipinski definition) is 3. The van der Waals surface area contributed by atoms with Gasteiger partial charge < -0.3 is 16.0 Å². The van der Waals surface area contributed by atoms with E-state index in [0.29, 0.717) is 11.3 Å². The van der Waals surface area contributed by atoms with Gasteiger partial charge in [-0.05, 0) is 24.3 Å². The zero-order chi connectivity index (χ0) is 16.7. The van der Waals surface area contributed by atoms with Crippen molar-refractivity contribution in [1.82, 2.24) is 15.5 Å². The summed E-state index contributed by atoms with van der Waals surface area (Å²) in [5.74, 6) is -0.0894. The fraction of sp³-hybridized carbons (Fsp3) is 0.111. The largest absolute Gasteiger partial charge is 0.399 e. The minimum Gasteiger partial charge on any atom is -0.399 e. The Kier molecular flexibility index (Phi) is 3.23. The van der Waals surface area contributed by atoms with Crippen LogP contribution in [0.5, 0.6) is 0 Å². The summed E-state index contributed by atoms with van der Waals surface area (Å²) >= 11 is 0. The number of aromatic amines is 1. The molecule has 1 aliphatic heterocycles. The van der Waals surface area contributed by atoms with Crippen LogP contribution in [-0.4, -0.2) is 23.2 Å². The zero-order valence-electron chi connectivity index (χ0n) is 13.2. The van der Waals surface area contributed by atoms with Crippen molar-refractivity contribution in [2.24, 2.45) is 0 Å². The third-order valence-corrected chi connectivity index (χ3v) is 4.31. The lowest BCUT2D eigenvalue weighted by molar-refractivity contribution is 0.0928. The summed E-state index contributed by atoms with van der Waals surface area (Å²) in [6.07, 6.45) is 1.51. The number of benzene rings is 2. The average molecular weight is 319 g/mol. The molecule has 2 heterocycles. The Morgan fingerprint density at radius 3 is 2.83 bits per heavy atom. The van der Waals surface area contributed by atoms with E-state index in [2.05, 4.69) is 15.5 Å². The first-order chi connectivity index (χ1) is 11.6. The summed E-state index contributed by atoms with van der Waals surface area (Å²) in [7, 11) is 1.96. The number of nitrogens with one attached hydrogen (secondary N) is 2. The molecule has 0 saturated heterocycles. The third-order valence-electron chi connectivity index (χ3n) is 4.31. The number of H-pyrrole nitrogens is 1. The van der Waals surface area contributed by atoms with Gasteiger partial charge in [-0.1, -0.05) is 24.3 Å². The van der Waals surface area contributed by atoms with Crippen molar-refractivity contribution in [3.05, 3.63) is 65.9 Å². The molecule has 1 aliphatic rings. The van der Waals surface area contributed by atoms with Crippen LogP contribution in [0, 0.1) is 0 Å². The molecule has 1 unspecified atom stereocenters. The van der Waals surface area contributed by atoms with Crippen LogP contribution < -0.4 is 16.0 Å². The van der Waals surface area contributed by atoms with E-state index in [1.165, 1.54) is 0 Å². The quantitative estimate of drug-likeness (QED) is 0.634. The Bertz CT molecular complexity index is 917. The maximum absolute atomic E-state index is 12.5. The van der Waals surface area contributed by atoms with Crippen molar-refractivity contribution in [3.8, 4) is 11.3 Å². The molecule has 0 spiro atoms. The molecule has 0 radical (unpaired) electrons. The SMILES string of the molecule is CN1c2ccccc2C(=O)NC1c1c[nH]nc1-c1cccc(N)c1. The summed E-state index contributed by atoms with van der Waals surface area (Å²) < 4.78 is 0. The molecule has 0 fully saturated rings. The highest BCUT2D eigenvalue weighted by molar-refractivity contribution is 6.02. The molecule has 6 nitrogen and oxygen atoms in total. The van der Waals surface area contributed by atoms with Gasteiger partial charge in [-0.15, -0.1) is 0 Å². The second kappa shape index (κ2) is 5.42. The standard InChI is InChI=1S/C18H17N5O/c1-23-15-8-3-2-7-13(15)18(24)21-17(23)14-10-20-22-16(14)11-5-4-6-12(19)9-11/h2-10,17H,19H2,1H3,(H,20,22)(H,21,24). The van der Waals surface area contributed by atoms with Gasteiger partial charge in [-0.2, -0.15) is 5.10 Å². The van der Waals surface area contributed by atoms with E-state index in [-0.39, 0.29) is 12.1 Å². The van der Waals surface area contributed by atoms with Gasteiger partial charge in [0, 0.05) is 30.1 Å². The third kappa shape index (κ3) is 2.20. The lowest BCUT2D eigenvalue weighted by Gasteiger charge is -2.36. The number of rotatable bonds is 2. The fourth-order valence-corrected chi connectivity index (χ4v) is 3.12. The molecule has 0 bridgehead atoms. The Labute approximate surface area is 139 Å². The van der Waals surface area contributed by atoms with E-state index >= 15 is 0 Å². The topological polar surface area (TPSA) is 87.0 Å². The van der Waals surface area contributed by atoms with Crippen molar-refractivity contribution in [2.45, 2.75) is 6.17 Å². The maximum Gasteiger partial charge on any atom is 0.255 e. The lowest BCUT2D eigenvalue weighted by Crippen LogP contribution is -2.44. The second-order valence-electron chi connectivity index (χ2n) is 5.82. The molecule has 1 amide bonds. The van der Waals surface area contributed by atoms with Gasteiger partial charge in [0.15, 0.2) is 0 Å². The number of para-hydroxylation sites is 1. The Balaban J connectivity index is 1.79. The van der Waals surface area contributed by atoms with Gasteiger partial charge in [0.05, 0.1) is 16.9 Å². The predicted octanol–water partition coefficient (Wildman–Crippen LogP) is 2.54. The van der Waals surface area contributed by atoms with Crippen LogP contribution in [0.2, 0.25) is 0 Å². The van der Waals surface area contributed by atoms with Gasteiger partial charge in [0.25, 0.3) is 5.91 Å². The fourth-order valence-electron chi connectivity index (χ4n) is 3.12. The van der Waals surface area contributed by atoms with E-state index in [0.717, 1.165) is 22.5 Å². The Hall–Kier alpha value is -3.28. The number of nitrogen functional groups attached to an aromatic ring is 1. The van der Waals surface area contributed by atoms with E-state index in [1.54, 1.807) is 0 Å². The normalized spacial score (nSPS) is 16.6.